The quantitative estimate of drug-likeness (QED) is 0.576. The molecule has 0 heterocycles. The molecule has 0 radical (unpaired) electrons. The normalized spacial score (nSPS) is 11.0. The van der Waals surface area contributed by atoms with Crippen LogP contribution in [-0.4, -0.2) is 7.05 Å². The van der Waals surface area contributed by atoms with Crippen LogP contribution in [-0.2, 0) is 0 Å². The molecular weight excluding hydrogens is 316 g/mol. The van der Waals surface area contributed by atoms with Crippen molar-refractivity contribution in [2.75, 3.05) is 12.4 Å². The first-order valence-corrected chi connectivity index (χ1v) is 8.37. The number of halogens is 2. The van der Waals surface area contributed by atoms with Gasteiger partial charge in [-0.15, -0.1) is 0 Å². The summed E-state index contributed by atoms with van der Waals surface area (Å²) < 4.78 is 26.6. The molecular formula is C22H21F2N. The molecule has 128 valence electrons. The Morgan fingerprint density at radius 2 is 1.24 bits per heavy atom. The van der Waals surface area contributed by atoms with E-state index in [4.69, 9.17) is 0 Å². The third kappa shape index (κ3) is 3.55. The molecule has 0 aliphatic heterocycles. The predicted molar refractivity (Wildman–Crippen MR) is 101 cm³/mol. The average Bonchev–Trinajstić information content (AvgIpc) is 2.62. The molecule has 0 spiro atoms. The molecule has 1 nitrogen and oxygen atoms in total. The van der Waals surface area contributed by atoms with Crippen LogP contribution in [0.15, 0.2) is 60.7 Å². The Morgan fingerprint density at radius 3 is 1.72 bits per heavy atom. The van der Waals surface area contributed by atoms with Crippen LogP contribution in [0.4, 0.5) is 14.5 Å². The monoisotopic (exact) mass is 337 g/mol. The lowest BCUT2D eigenvalue weighted by atomic mass is 9.89. The summed E-state index contributed by atoms with van der Waals surface area (Å²) in [5, 5.41) is 3.29. The first-order chi connectivity index (χ1) is 12.0. The molecule has 0 unspecified atom stereocenters. The van der Waals surface area contributed by atoms with Crippen LogP contribution in [0.3, 0.4) is 0 Å². The van der Waals surface area contributed by atoms with Crippen molar-refractivity contribution >= 4 is 5.69 Å². The van der Waals surface area contributed by atoms with Crippen molar-refractivity contribution in [3.63, 3.8) is 0 Å². The molecule has 25 heavy (non-hydrogen) atoms. The number of nitrogens with one attached hydrogen (secondary N) is 1. The van der Waals surface area contributed by atoms with Gasteiger partial charge in [0.2, 0.25) is 0 Å². The zero-order chi connectivity index (χ0) is 18.0. The van der Waals surface area contributed by atoms with Crippen molar-refractivity contribution in [2.24, 2.45) is 0 Å². The van der Waals surface area contributed by atoms with Crippen LogP contribution in [0, 0.1) is 11.6 Å². The highest BCUT2D eigenvalue weighted by Crippen LogP contribution is 2.39. The predicted octanol–water partition coefficient (Wildman–Crippen LogP) is 6.46. The van der Waals surface area contributed by atoms with E-state index in [2.05, 4.69) is 31.3 Å². The number of benzene rings is 3. The van der Waals surface area contributed by atoms with Crippen molar-refractivity contribution in [1.29, 1.82) is 0 Å². The highest BCUT2D eigenvalue weighted by molar-refractivity contribution is 5.85. The third-order valence-electron chi connectivity index (χ3n) is 4.37. The Labute approximate surface area is 147 Å². The van der Waals surface area contributed by atoms with Gasteiger partial charge in [0.1, 0.15) is 11.6 Å². The number of rotatable bonds is 4. The lowest BCUT2D eigenvalue weighted by Crippen LogP contribution is -2.01. The molecule has 0 aliphatic rings. The minimum atomic E-state index is -0.256. The molecule has 3 aromatic carbocycles. The minimum absolute atomic E-state index is 0.251. The van der Waals surface area contributed by atoms with Crippen LogP contribution in [0.25, 0.3) is 22.3 Å². The number of hydrogen-bond acceptors (Lipinski definition) is 1. The van der Waals surface area contributed by atoms with Crippen molar-refractivity contribution in [3.05, 3.63) is 77.9 Å². The molecule has 3 heteroatoms. The van der Waals surface area contributed by atoms with Gasteiger partial charge in [0.15, 0.2) is 0 Å². The maximum absolute atomic E-state index is 13.3. The molecule has 0 saturated carbocycles. The van der Waals surface area contributed by atoms with Crippen molar-refractivity contribution < 1.29 is 8.78 Å². The van der Waals surface area contributed by atoms with E-state index >= 15 is 0 Å². The fourth-order valence-electron chi connectivity index (χ4n) is 3.07. The second-order valence-corrected chi connectivity index (χ2v) is 6.41. The second-order valence-electron chi connectivity index (χ2n) is 6.41. The molecule has 3 rings (SSSR count). The summed E-state index contributed by atoms with van der Waals surface area (Å²) in [6.45, 7) is 4.28. The zero-order valence-electron chi connectivity index (χ0n) is 14.6. The molecule has 0 saturated heterocycles. The fourth-order valence-corrected chi connectivity index (χ4v) is 3.07. The third-order valence-corrected chi connectivity index (χ3v) is 4.37. The molecule has 0 aromatic heterocycles. The summed E-state index contributed by atoms with van der Waals surface area (Å²) in [6, 6.07) is 17.2. The van der Waals surface area contributed by atoms with Gasteiger partial charge in [-0.1, -0.05) is 38.1 Å². The maximum Gasteiger partial charge on any atom is 0.123 e. The van der Waals surface area contributed by atoms with Gasteiger partial charge in [-0.05, 0) is 64.6 Å². The summed E-state index contributed by atoms with van der Waals surface area (Å²) in [5.41, 5.74) is 6.12. The first kappa shape index (κ1) is 17.2. The van der Waals surface area contributed by atoms with Gasteiger partial charge in [0.25, 0.3) is 0 Å². The topological polar surface area (TPSA) is 12.0 Å². The van der Waals surface area contributed by atoms with E-state index in [1.165, 1.54) is 29.8 Å². The first-order valence-electron chi connectivity index (χ1n) is 8.37. The fraction of sp³-hybridized carbons (Fsp3) is 0.182. The van der Waals surface area contributed by atoms with E-state index in [-0.39, 0.29) is 11.6 Å². The van der Waals surface area contributed by atoms with Crippen LogP contribution in [0.1, 0.15) is 25.3 Å². The van der Waals surface area contributed by atoms with Gasteiger partial charge in [-0.2, -0.15) is 0 Å². The minimum Gasteiger partial charge on any atom is -0.387 e. The highest BCUT2D eigenvalue weighted by Gasteiger charge is 2.15. The van der Waals surface area contributed by atoms with E-state index in [1.54, 1.807) is 24.3 Å². The number of hydrogen-bond donors (Lipinski definition) is 1. The summed E-state index contributed by atoms with van der Waals surface area (Å²) in [7, 11) is 1.89. The summed E-state index contributed by atoms with van der Waals surface area (Å²) in [5.74, 6) is -0.200. The molecule has 1 N–H and O–H groups in total. The lowest BCUT2D eigenvalue weighted by Gasteiger charge is -2.20. The smallest absolute Gasteiger partial charge is 0.123 e. The Bertz CT molecular complexity index is 866. The van der Waals surface area contributed by atoms with Crippen molar-refractivity contribution in [3.8, 4) is 22.3 Å². The van der Waals surface area contributed by atoms with Gasteiger partial charge >= 0.3 is 0 Å². The largest absolute Gasteiger partial charge is 0.387 e. The Morgan fingerprint density at radius 1 is 0.720 bits per heavy atom. The Kier molecular flexibility index (Phi) is 4.84. The Hall–Kier alpha value is -2.68. The van der Waals surface area contributed by atoms with E-state index < -0.39 is 0 Å². The van der Waals surface area contributed by atoms with Gasteiger partial charge in [0, 0.05) is 18.3 Å². The van der Waals surface area contributed by atoms with Crippen LogP contribution < -0.4 is 5.32 Å². The summed E-state index contributed by atoms with van der Waals surface area (Å²) >= 11 is 0. The van der Waals surface area contributed by atoms with Gasteiger partial charge < -0.3 is 5.32 Å². The van der Waals surface area contributed by atoms with E-state index in [9.17, 15) is 8.78 Å². The van der Waals surface area contributed by atoms with Gasteiger partial charge in [-0.3, -0.25) is 0 Å². The van der Waals surface area contributed by atoms with Crippen molar-refractivity contribution in [1.82, 2.24) is 0 Å². The van der Waals surface area contributed by atoms with E-state index in [1.807, 2.05) is 7.05 Å². The summed E-state index contributed by atoms with van der Waals surface area (Å²) in [6.07, 6.45) is 0. The van der Waals surface area contributed by atoms with Crippen LogP contribution >= 0.6 is 0 Å². The maximum atomic E-state index is 13.3. The van der Waals surface area contributed by atoms with Gasteiger partial charge in [0.05, 0.1) is 0 Å². The molecule has 0 bridgehead atoms. The number of anilines is 1. The molecule has 0 atom stereocenters. The SMILES string of the molecule is CNc1c(-c2ccc(F)cc2)cc(-c2ccc(F)cc2)cc1C(C)C. The van der Waals surface area contributed by atoms with Gasteiger partial charge in [-0.25, -0.2) is 8.78 Å². The van der Waals surface area contributed by atoms with E-state index in [0.717, 1.165) is 27.9 Å². The lowest BCUT2D eigenvalue weighted by molar-refractivity contribution is 0.627. The molecule has 0 aliphatic carbocycles. The van der Waals surface area contributed by atoms with E-state index in [0.29, 0.717) is 5.92 Å². The standard InChI is InChI=1S/C22H21F2N/c1-14(2)20-12-17(15-4-8-18(23)9-5-15)13-21(22(20)25-3)16-6-10-19(24)11-7-16/h4-14,25H,1-3H3. The van der Waals surface area contributed by atoms with Crippen LogP contribution in [0.5, 0.6) is 0 Å². The Balaban J connectivity index is 2.24. The summed E-state index contributed by atoms with van der Waals surface area (Å²) in [4.78, 5) is 0. The van der Waals surface area contributed by atoms with Crippen molar-refractivity contribution in [2.45, 2.75) is 19.8 Å². The molecule has 3 aromatic rings. The second kappa shape index (κ2) is 7.06. The molecule has 0 amide bonds. The average molecular weight is 337 g/mol. The molecule has 0 fully saturated rings. The zero-order valence-corrected chi connectivity index (χ0v) is 14.6. The van der Waals surface area contributed by atoms with Crippen LogP contribution in [0.2, 0.25) is 0 Å². The highest BCUT2D eigenvalue weighted by atomic mass is 19.1.